The lowest BCUT2D eigenvalue weighted by Gasteiger charge is -2.08. The lowest BCUT2D eigenvalue weighted by Crippen LogP contribution is -2.33. The van der Waals surface area contributed by atoms with Crippen LogP contribution in [0.2, 0.25) is 0 Å². The van der Waals surface area contributed by atoms with Gasteiger partial charge in [-0.25, -0.2) is 0 Å². The Morgan fingerprint density at radius 3 is 2.25 bits per heavy atom. The molecule has 2 amide bonds. The number of hydrogen-bond acceptors (Lipinski definition) is 2. The quantitative estimate of drug-likeness (QED) is 0.741. The molecule has 1 heterocycles. The molecular weight excluding hydrogens is 270 g/mol. The molecule has 1 aliphatic heterocycles. The van der Waals surface area contributed by atoms with Gasteiger partial charge in [-0.05, 0) is 30.3 Å². The molecule has 16 heavy (non-hydrogen) atoms. The van der Waals surface area contributed by atoms with Crippen molar-refractivity contribution in [2.45, 2.75) is 0 Å². The third-order valence-corrected chi connectivity index (χ3v) is 2.66. The third kappa shape index (κ3) is 2.28. The summed E-state index contributed by atoms with van der Waals surface area (Å²) < 4.78 is 0.853. The monoisotopic (exact) mass is 277 g/mol. The molecule has 2 rings (SSSR count). The minimum Gasteiger partial charge on any atom is -0.288 e. The van der Waals surface area contributed by atoms with Crippen LogP contribution in [0, 0.1) is 0 Å². The molecule has 0 spiro atoms. The van der Waals surface area contributed by atoms with Crippen molar-refractivity contribution in [2.24, 2.45) is 0 Å². The fourth-order valence-electron chi connectivity index (χ4n) is 1.33. The molecule has 0 unspecified atom stereocenters. The van der Waals surface area contributed by atoms with Gasteiger partial charge < -0.3 is 0 Å². The van der Waals surface area contributed by atoms with Gasteiger partial charge in [0.05, 0.1) is 0 Å². The van der Waals surface area contributed by atoms with Crippen LogP contribution < -0.4 is 5.32 Å². The molecule has 0 saturated carbocycles. The number of nitrogens with one attached hydrogen (secondary N) is 1. The highest BCUT2D eigenvalue weighted by molar-refractivity contribution is 9.10. The van der Waals surface area contributed by atoms with Gasteiger partial charge in [-0.3, -0.25) is 14.9 Å². The molecule has 0 atom stereocenters. The van der Waals surface area contributed by atoms with Crippen LogP contribution in [0.4, 0.5) is 0 Å². The maximum atomic E-state index is 11.5. The van der Waals surface area contributed by atoms with Gasteiger partial charge in [-0.2, -0.15) is 0 Å². The van der Waals surface area contributed by atoms with Crippen molar-refractivity contribution in [1.82, 2.24) is 5.32 Å². The van der Waals surface area contributed by atoms with Crippen molar-refractivity contribution < 1.29 is 9.59 Å². The average molecular weight is 278 g/mol. The van der Waals surface area contributed by atoms with E-state index in [1.807, 2.05) is 12.1 Å². The second kappa shape index (κ2) is 4.45. The number of imide groups is 1. The highest BCUT2D eigenvalue weighted by Crippen LogP contribution is 2.10. The van der Waals surface area contributed by atoms with Gasteiger partial charge in [0, 0.05) is 15.6 Å². The van der Waals surface area contributed by atoms with Gasteiger partial charge in [0.2, 0.25) is 0 Å². The summed E-state index contributed by atoms with van der Waals surface area (Å²) in [6, 6.07) is 12.1. The van der Waals surface area contributed by atoms with Crippen LogP contribution >= 0.6 is 15.9 Å². The lowest BCUT2D eigenvalue weighted by molar-refractivity contribution is 0.0841. The first-order valence-corrected chi connectivity index (χ1v) is 5.46. The molecule has 0 aliphatic carbocycles. The second-order valence-electron chi connectivity index (χ2n) is 3.27. The SMILES string of the molecule is O=C1NC(=O)c2ccc(Br)ccccc1c2. The van der Waals surface area contributed by atoms with E-state index in [4.69, 9.17) is 0 Å². The fourth-order valence-corrected chi connectivity index (χ4v) is 1.61. The smallest absolute Gasteiger partial charge is 0.258 e. The van der Waals surface area contributed by atoms with Crippen LogP contribution in [0.25, 0.3) is 0 Å². The Morgan fingerprint density at radius 2 is 1.50 bits per heavy atom. The van der Waals surface area contributed by atoms with E-state index >= 15 is 0 Å². The Balaban J connectivity index is 2.71. The van der Waals surface area contributed by atoms with E-state index in [0.29, 0.717) is 11.1 Å². The number of hydrogen-bond donors (Lipinski definition) is 1. The van der Waals surface area contributed by atoms with E-state index in [-0.39, 0.29) is 11.8 Å². The number of halogens is 1. The predicted octanol–water partition coefficient (Wildman–Crippen LogP) is 2.46. The Labute approximate surface area is 101 Å². The van der Waals surface area contributed by atoms with E-state index in [2.05, 4.69) is 21.2 Å². The van der Waals surface area contributed by atoms with Gasteiger partial charge in [-0.15, -0.1) is 0 Å². The van der Waals surface area contributed by atoms with Crippen molar-refractivity contribution >= 4 is 27.7 Å². The minimum atomic E-state index is -0.372. The summed E-state index contributed by atoms with van der Waals surface area (Å²) in [6.45, 7) is 0. The summed E-state index contributed by atoms with van der Waals surface area (Å²) in [7, 11) is 0. The number of fused-ring (bicyclic) bond motifs is 2. The first-order valence-electron chi connectivity index (χ1n) is 4.66. The van der Waals surface area contributed by atoms with Crippen LogP contribution in [0.15, 0.2) is 46.9 Å². The normalized spacial score (nSPS) is 12.8. The van der Waals surface area contributed by atoms with Crippen LogP contribution in [0.3, 0.4) is 0 Å². The summed E-state index contributed by atoms with van der Waals surface area (Å²) in [5.41, 5.74) is 0.938. The zero-order valence-electron chi connectivity index (χ0n) is 8.24. The zero-order valence-corrected chi connectivity index (χ0v) is 9.82. The van der Waals surface area contributed by atoms with Gasteiger partial charge in [0.25, 0.3) is 11.8 Å². The topological polar surface area (TPSA) is 46.2 Å². The number of carbonyl (C=O) groups excluding carboxylic acids is 2. The lowest BCUT2D eigenvalue weighted by atomic mass is 10.1. The predicted molar refractivity (Wildman–Crippen MR) is 63.6 cm³/mol. The molecule has 1 aromatic rings. The summed E-state index contributed by atoms with van der Waals surface area (Å²) in [5.74, 6) is -0.737. The molecule has 80 valence electrons. The summed E-state index contributed by atoms with van der Waals surface area (Å²) >= 11 is 3.33. The highest BCUT2D eigenvalue weighted by Gasteiger charge is 2.16. The molecule has 1 aromatic carbocycles. The average Bonchev–Trinajstić information content (AvgIpc) is 2.25. The molecular formula is C12H8BrNO2. The Kier molecular flexibility index (Phi) is 3.01. The van der Waals surface area contributed by atoms with Crippen LogP contribution in [0.5, 0.6) is 0 Å². The van der Waals surface area contributed by atoms with Crippen molar-refractivity contribution in [1.29, 1.82) is 0 Å². The van der Waals surface area contributed by atoms with E-state index in [9.17, 15) is 9.59 Å². The van der Waals surface area contributed by atoms with Crippen LogP contribution in [-0.2, 0) is 0 Å². The van der Waals surface area contributed by atoms with Crippen molar-refractivity contribution in [3.8, 4) is 0 Å². The Bertz CT molecular complexity index is 524. The summed E-state index contributed by atoms with van der Waals surface area (Å²) in [5, 5.41) is 2.28. The maximum Gasteiger partial charge on any atom is 0.258 e. The first-order chi connectivity index (χ1) is 7.66. The minimum absolute atomic E-state index is 0.365. The molecule has 1 N–H and O–H groups in total. The van der Waals surface area contributed by atoms with Crippen molar-refractivity contribution in [3.05, 3.63) is 58.1 Å². The van der Waals surface area contributed by atoms with Gasteiger partial charge in [0.15, 0.2) is 0 Å². The van der Waals surface area contributed by atoms with E-state index in [1.54, 1.807) is 30.3 Å². The maximum absolute atomic E-state index is 11.5. The van der Waals surface area contributed by atoms with Gasteiger partial charge in [0.1, 0.15) is 0 Å². The van der Waals surface area contributed by atoms with E-state index in [0.717, 1.165) is 4.47 Å². The fraction of sp³-hybridized carbons (Fsp3) is 0. The molecule has 0 fully saturated rings. The zero-order chi connectivity index (χ0) is 11.5. The van der Waals surface area contributed by atoms with E-state index in [1.165, 1.54) is 0 Å². The Morgan fingerprint density at radius 1 is 0.875 bits per heavy atom. The molecule has 3 nitrogen and oxygen atoms in total. The number of rotatable bonds is 0. The standard InChI is InChI=1S/C12H8BrNO2/c13-10-4-2-1-3-8-7-9(5-6-10)12(16)14-11(8)15/h1-7H,(H,14,15,16). The molecule has 2 bridgehead atoms. The van der Waals surface area contributed by atoms with Gasteiger partial charge >= 0.3 is 0 Å². The van der Waals surface area contributed by atoms with Gasteiger partial charge in [-0.1, -0.05) is 28.1 Å². The highest BCUT2D eigenvalue weighted by atomic mass is 79.9. The Hall–Kier alpha value is -1.68. The largest absolute Gasteiger partial charge is 0.288 e. The van der Waals surface area contributed by atoms with Crippen LogP contribution in [0.1, 0.15) is 20.7 Å². The third-order valence-electron chi connectivity index (χ3n) is 2.13. The van der Waals surface area contributed by atoms with E-state index < -0.39 is 0 Å². The summed E-state index contributed by atoms with van der Waals surface area (Å²) in [6.07, 6.45) is 0. The number of carbonyl (C=O) groups is 2. The number of amides is 2. The molecule has 1 aliphatic rings. The van der Waals surface area contributed by atoms with Crippen molar-refractivity contribution in [2.75, 3.05) is 0 Å². The van der Waals surface area contributed by atoms with Crippen LogP contribution in [-0.4, -0.2) is 11.8 Å². The molecule has 0 saturated heterocycles. The molecule has 0 radical (unpaired) electrons. The first kappa shape index (κ1) is 10.8. The summed E-state index contributed by atoms with van der Waals surface area (Å²) in [4.78, 5) is 22.9. The van der Waals surface area contributed by atoms with Crippen molar-refractivity contribution in [3.63, 3.8) is 0 Å². The second-order valence-corrected chi connectivity index (χ2v) is 4.19. The molecule has 4 heteroatoms. The molecule has 0 aromatic heterocycles.